The first kappa shape index (κ1) is 18.2. The number of fused-ring (bicyclic) bond motifs is 1. The highest BCUT2D eigenvalue weighted by molar-refractivity contribution is 5.83. The maximum atomic E-state index is 12.6. The van der Waals surface area contributed by atoms with Gasteiger partial charge in [-0.25, -0.2) is 4.68 Å². The first-order valence-electron chi connectivity index (χ1n) is 7.82. The van der Waals surface area contributed by atoms with Crippen molar-refractivity contribution in [2.24, 2.45) is 0 Å². The molecule has 3 aromatic rings. The molecule has 1 heterocycles. The van der Waals surface area contributed by atoms with Gasteiger partial charge < -0.3 is 17.3 Å². The number of rotatable bonds is 5. The molecule has 0 aliphatic rings. The molecule has 0 aliphatic carbocycles. The third kappa shape index (κ3) is 4.02. The van der Waals surface area contributed by atoms with E-state index < -0.39 is 0 Å². The fourth-order valence-electron chi connectivity index (χ4n) is 2.67. The van der Waals surface area contributed by atoms with E-state index in [2.05, 4.69) is 22.1 Å². The first-order valence-corrected chi connectivity index (χ1v) is 7.82. The van der Waals surface area contributed by atoms with Crippen molar-refractivity contribution in [2.75, 3.05) is 20.6 Å². The molecule has 4 nitrogen and oxygen atoms in total. The molecule has 0 unspecified atom stereocenters. The molecule has 126 valence electrons. The van der Waals surface area contributed by atoms with Crippen LogP contribution < -0.4 is 18.0 Å². The van der Waals surface area contributed by atoms with Crippen molar-refractivity contribution >= 4 is 10.8 Å². The summed E-state index contributed by atoms with van der Waals surface area (Å²) in [4.78, 5) is 14.7. The van der Waals surface area contributed by atoms with E-state index in [1.54, 1.807) is 4.68 Å². The summed E-state index contributed by atoms with van der Waals surface area (Å²) < 4.78 is 1.60. The molecular formula is C19H22ClN3O. The highest BCUT2D eigenvalue weighted by Gasteiger charge is 2.10. The van der Waals surface area contributed by atoms with E-state index in [-0.39, 0.29) is 19.4 Å². The molecule has 0 saturated heterocycles. The molecule has 0 atom stereocenters. The number of benzene rings is 2. The van der Waals surface area contributed by atoms with Gasteiger partial charge >= 0.3 is 1.43 Å². The van der Waals surface area contributed by atoms with Gasteiger partial charge in [-0.1, -0.05) is 48.5 Å². The number of hydrogen-bond acceptors (Lipinski definition) is 3. The Balaban J connectivity index is 0.00000156. The Morgan fingerprint density at radius 1 is 1.00 bits per heavy atom. The van der Waals surface area contributed by atoms with E-state index >= 15 is 0 Å². The van der Waals surface area contributed by atoms with Crippen LogP contribution in [0, 0.1) is 0 Å². The van der Waals surface area contributed by atoms with Crippen LogP contribution in [0.5, 0.6) is 0 Å². The normalized spacial score (nSPS) is 10.8. The molecule has 0 fully saturated rings. The predicted molar refractivity (Wildman–Crippen MR) is 94.9 cm³/mol. The molecule has 0 bridgehead atoms. The van der Waals surface area contributed by atoms with Gasteiger partial charge in [0, 0.05) is 18.4 Å². The lowest BCUT2D eigenvalue weighted by Gasteiger charge is -2.13. The van der Waals surface area contributed by atoms with E-state index in [0.29, 0.717) is 6.54 Å². The summed E-state index contributed by atoms with van der Waals surface area (Å²) >= 11 is 0. The van der Waals surface area contributed by atoms with Crippen LogP contribution in [0.15, 0.2) is 59.4 Å². The van der Waals surface area contributed by atoms with Crippen LogP contribution in [0.1, 0.15) is 12.7 Å². The standard InChI is InChI=1S/C19H21N3O.ClH/c1-21(2)12-13-22-19(23)17-11-7-6-10-16(17)18(20-22)14-15-8-4-3-5-9-15;/h3-11H,12-14H2,1-2H3;1H. The molecule has 0 spiro atoms. The van der Waals surface area contributed by atoms with Gasteiger partial charge in [0.15, 0.2) is 0 Å². The minimum absolute atomic E-state index is 0. The summed E-state index contributed by atoms with van der Waals surface area (Å²) in [5, 5.41) is 6.33. The lowest BCUT2D eigenvalue weighted by atomic mass is 10.0. The summed E-state index contributed by atoms with van der Waals surface area (Å²) in [6.45, 7) is 1.38. The largest absolute Gasteiger partial charge is 1.00 e. The van der Waals surface area contributed by atoms with Gasteiger partial charge in [0.05, 0.1) is 17.6 Å². The molecule has 0 N–H and O–H groups in total. The van der Waals surface area contributed by atoms with E-state index in [1.807, 2.05) is 56.6 Å². The minimum Gasteiger partial charge on any atom is -1.00 e. The maximum Gasteiger partial charge on any atom is 1.00 e. The number of hydrogen-bond donors (Lipinski definition) is 0. The second-order valence-corrected chi connectivity index (χ2v) is 5.99. The van der Waals surface area contributed by atoms with Crippen molar-refractivity contribution in [1.29, 1.82) is 0 Å². The van der Waals surface area contributed by atoms with Gasteiger partial charge in [-0.2, -0.15) is 5.10 Å². The number of likely N-dealkylation sites (N-methyl/N-ethyl adjacent to an activating group) is 1. The van der Waals surface area contributed by atoms with Gasteiger partial charge in [-0.05, 0) is 25.7 Å². The molecule has 1 aromatic heterocycles. The van der Waals surface area contributed by atoms with E-state index in [4.69, 9.17) is 0 Å². The average molecular weight is 344 g/mol. The van der Waals surface area contributed by atoms with Crippen molar-refractivity contribution in [2.45, 2.75) is 13.0 Å². The van der Waals surface area contributed by atoms with Crippen LogP contribution in [0.25, 0.3) is 10.8 Å². The minimum atomic E-state index is -0.0146. The number of nitrogens with zero attached hydrogens (tertiary/aromatic N) is 3. The lowest BCUT2D eigenvalue weighted by Crippen LogP contribution is -3.00. The summed E-state index contributed by atoms with van der Waals surface area (Å²) in [5.41, 5.74) is 2.13. The fraction of sp³-hybridized carbons (Fsp3) is 0.263. The van der Waals surface area contributed by atoms with Crippen molar-refractivity contribution < 1.29 is 13.8 Å². The van der Waals surface area contributed by atoms with Crippen LogP contribution in [0.3, 0.4) is 0 Å². The number of aromatic nitrogens is 2. The van der Waals surface area contributed by atoms with Crippen molar-refractivity contribution in [1.82, 2.24) is 14.7 Å². The Morgan fingerprint density at radius 3 is 2.29 bits per heavy atom. The van der Waals surface area contributed by atoms with Crippen LogP contribution in [0.4, 0.5) is 0 Å². The molecule has 24 heavy (non-hydrogen) atoms. The summed E-state index contributed by atoms with van der Waals surface area (Å²) in [7, 11) is 3.99. The smallest absolute Gasteiger partial charge is 1.00 e. The zero-order valence-electron chi connectivity index (χ0n) is 14.9. The molecule has 0 radical (unpaired) electrons. The van der Waals surface area contributed by atoms with Crippen molar-refractivity contribution in [3.63, 3.8) is 0 Å². The van der Waals surface area contributed by atoms with Crippen molar-refractivity contribution in [3.8, 4) is 0 Å². The third-order valence-corrected chi connectivity index (χ3v) is 3.92. The summed E-state index contributed by atoms with van der Waals surface area (Å²) in [6, 6.07) is 18.0. The zero-order chi connectivity index (χ0) is 16.2. The Kier molecular flexibility index (Phi) is 6.12. The summed E-state index contributed by atoms with van der Waals surface area (Å²) in [6.07, 6.45) is 0.726. The highest BCUT2D eigenvalue weighted by atomic mass is 35.5. The Hall–Kier alpha value is -2.17. The van der Waals surface area contributed by atoms with Crippen LogP contribution in [0.2, 0.25) is 0 Å². The molecule has 0 amide bonds. The summed E-state index contributed by atoms with van der Waals surface area (Å²) in [5.74, 6) is 0. The Morgan fingerprint density at radius 2 is 1.62 bits per heavy atom. The van der Waals surface area contributed by atoms with Crippen molar-refractivity contribution in [3.05, 3.63) is 76.2 Å². The number of halogens is 1. The maximum absolute atomic E-state index is 12.6. The fourth-order valence-corrected chi connectivity index (χ4v) is 2.67. The van der Waals surface area contributed by atoms with E-state index in [1.165, 1.54) is 5.56 Å². The topological polar surface area (TPSA) is 38.1 Å². The second kappa shape index (κ2) is 8.08. The van der Waals surface area contributed by atoms with Crippen LogP contribution in [-0.4, -0.2) is 35.3 Å². The molecule has 0 aliphatic heterocycles. The molecule has 5 heteroatoms. The van der Waals surface area contributed by atoms with E-state index in [9.17, 15) is 4.79 Å². The van der Waals surface area contributed by atoms with Gasteiger partial charge in [0.2, 0.25) is 0 Å². The molecule has 0 saturated carbocycles. The Bertz CT molecular complexity index is 865. The first-order chi connectivity index (χ1) is 11.1. The average Bonchev–Trinajstić information content (AvgIpc) is 2.57. The van der Waals surface area contributed by atoms with Crippen LogP contribution in [-0.2, 0) is 13.0 Å². The predicted octanol–water partition coefficient (Wildman–Crippen LogP) is -0.335. The highest BCUT2D eigenvalue weighted by Crippen LogP contribution is 2.16. The van der Waals surface area contributed by atoms with Gasteiger partial charge in [0.1, 0.15) is 0 Å². The second-order valence-electron chi connectivity index (χ2n) is 5.99. The van der Waals surface area contributed by atoms with E-state index in [0.717, 1.165) is 29.4 Å². The Labute approximate surface area is 149 Å². The monoisotopic (exact) mass is 343 g/mol. The molecular weight excluding hydrogens is 322 g/mol. The molecule has 2 aromatic carbocycles. The zero-order valence-corrected chi connectivity index (χ0v) is 14.7. The van der Waals surface area contributed by atoms with Gasteiger partial charge in [0.25, 0.3) is 5.56 Å². The van der Waals surface area contributed by atoms with Gasteiger partial charge in [-0.15, -0.1) is 0 Å². The van der Waals surface area contributed by atoms with Gasteiger partial charge in [-0.3, -0.25) is 4.79 Å². The SMILES string of the molecule is CN(C)CCn1nc(Cc2ccccc2)c2ccccc2c1=O.[Cl-].[H+]. The molecule has 3 rings (SSSR count). The third-order valence-electron chi connectivity index (χ3n) is 3.92. The lowest BCUT2D eigenvalue weighted by molar-refractivity contribution is -0.00000485. The quantitative estimate of drug-likeness (QED) is 0.636. The van der Waals surface area contributed by atoms with Crippen LogP contribution >= 0.6 is 0 Å².